The summed E-state index contributed by atoms with van der Waals surface area (Å²) < 4.78 is 5.51. The molecule has 1 aromatic carbocycles. The second kappa shape index (κ2) is 7.34. The maximum atomic E-state index is 12.5. The molecule has 0 saturated carbocycles. The lowest BCUT2D eigenvalue weighted by atomic mass is 10.1. The predicted molar refractivity (Wildman–Crippen MR) is 99.3 cm³/mol. The molecule has 3 rings (SSSR count). The van der Waals surface area contributed by atoms with E-state index in [0.29, 0.717) is 17.9 Å². The lowest BCUT2D eigenvalue weighted by Gasteiger charge is -2.28. The molecular formula is C20H23N3O4. The second-order valence-electron chi connectivity index (χ2n) is 7.54. The van der Waals surface area contributed by atoms with Gasteiger partial charge < -0.3 is 9.84 Å². The first-order chi connectivity index (χ1) is 12.7. The maximum Gasteiger partial charge on any atom is 0.410 e. The summed E-state index contributed by atoms with van der Waals surface area (Å²) in [5, 5.41) is 9.02. The van der Waals surface area contributed by atoms with Crippen molar-refractivity contribution in [2.75, 3.05) is 6.54 Å². The zero-order valence-corrected chi connectivity index (χ0v) is 15.7. The quantitative estimate of drug-likeness (QED) is 0.882. The lowest BCUT2D eigenvalue weighted by Crippen LogP contribution is -2.36. The Morgan fingerprint density at radius 3 is 2.52 bits per heavy atom. The summed E-state index contributed by atoms with van der Waals surface area (Å²) in [4.78, 5) is 34.1. The van der Waals surface area contributed by atoms with Crippen LogP contribution in [0.2, 0.25) is 0 Å². The van der Waals surface area contributed by atoms with Gasteiger partial charge in [0, 0.05) is 12.1 Å². The zero-order chi connectivity index (χ0) is 19.6. The van der Waals surface area contributed by atoms with E-state index in [1.54, 1.807) is 29.4 Å². The molecular weight excluding hydrogens is 346 g/mol. The van der Waals surface area contributed by atoms with Crippen molar-refractivity contribution in [3.8, 4) is 11.3 Å². The van der Waals surface area contributed by atoms with Gasteiger partial charge in [0.15, 0.2) is 0 Å². The Hall–Kier alpha value is -2.96. The largest absolute Gasteiger partial charge is 0.478 e. The molecule has 0 spiro atoms. The Labute approximate surface area is 158 Å². The van der Waals surface area contributed by atoms with E-state index >= 15 is 0 Å². The molecule has 7 nitrogen and oxygen atoms in total. The summed E-state index contributed by atoms with van der Waals surface area (Å²) in [6.07, 6.45) is 4.63. The third-order valence-electron chi connectivity index (χ3n) is 4.30. The summed E-state index contributed by atoms with van der Waals surface area (Å²) >= 11 is 0. The van der Waals surface area contributed by atoms with Crippen LogP contribution in [0.5, 0.6) is 0 Å². The smallest absolute Gasteiger partial charge is 0.410 e. The predicted octanol–water partition coefficient (Wildman–Crippen LogP) is 3.91. The molecule has 1 aromatic heterocycles. The highest BCUT2D eigenvalue weighted by atomic mass is 16.6. The maximum absolute atomic E-state index is 12.5. The van der Waals surface area contributed by atoms with Gasteiger partial charge in [-0.2, -0.15) is 0 Å². The van der Waals surface area contributed by atoms with Crippen LogP contribution in [0.15, 0.2) is 36.7 Å². The van der Waals surface area contributed by atoms with Crippen molar-refractivity contribution in [1.29, 1.82) is 0 Å². The molecule has 1 fully saturated rings. The number of aromatic carboxylic acids is 1. The fourth-order valence-electron chi connectivity index (χ4n) is 3.08. The van der Waals surface area contributed by atoms with E-state index < -0.39 is 11.6 Å². The monoisotopic (exact) mass is 369 g/mol. The molecule has 1 unspecified atom stereocenters. The molecule has 7 heteroatoms. The van der Waals surface area contributed by atoms with Crippen LogP contribution in [0.4, 0.5) is 4.79 Å². The van der Waals surface area contributed by atoms with Gasteiger partial charge in [-0.05, 0) is 45.7 Å². The minimum absolute atomic E-state index is 0.175. The number of hydrogen-bond donors (Lipinski definition) is 1. The summed E-state index contributed by atoms with van der Waals surface area (Å²) in [6.45, 7) is 6.16. The molecule has 2 heterocycles. The number of amides is 1. The number of carboxylic acid groups (broad SMARTS) is 1. The highest BCUT2D eigenvalue weighted by Gasteiger charge is 2.34. The highest BCUT2D eigenvalue weighted by Crippen LogP contribution is 2.32. The average molecular weight is 369 g/mol. The summed E-state index contributed by atoms with van der Waals surface area (Å²) in [7, 11) is 0. The number of carboxylic acids is 1. The molecule has 1 saturated heterocycles. The van der Waals surface area contributed by atoms with Crippen LogP contribution >= 0.6 is 0 Å². The Morgan fingerprint density at radius 2 is 1.89 bits per heavy atom. The third-order valence-corrected chi connectivity index (χ3v) is 4.30. The van der Waals surface area contributed by atoms with Crippen LogP contribution in [0.1, 0.15) is 55.7 Å². The van der Waals surface area contributed by atoms with Crippen molar-refractivity contribution in [3.05, 3.63) is 47.9 Å². The fourth-order valence-corrected chi connectivity index (χ4v) is 3.08. The van der Waals surface area contributed by atoms with E-state index in [2.05, 4.69) is 9.97 Å². The molecule has 2 aromatic rings. The fraction of sp³-hybridized carbons (Fsp3) is 0.400. The summed E-state index contributed by atoms with van der Waals surface area (Å²) in [6, 6.07) is 6.31. The normalized spacial score (nSPS) is 17.0. The van der Waals surface area contributed by atoms with Gasteiger partial charge in [0.05, 0.1) is 35.4 Å². The van der Waals surface area contributed by atoms with Crippen molar-refractivity contribution in [2.24, 2.45) is 0 Å². The summed E-state index contributed by atoms with van der Waals surface area (Å²) in [5.74, 6) is -0.972. The molecule has 1 amide bonds. The van der Waals surface area contributed by atoms with Gasteiger partial charge in [-0.25, -0.2) is 14.6 Å². The molecule has 142 valence electrons. The van der Waals surface area contributed by atoms with Crippen LogP contribution in [0, 0.1) is 0 Å². The minimum Gasteiger partial charge on any atom is -0.478 e. The van der Waals surface area contributed by atoms with Crippen LogP contribution in [-0.4, -0.2) is 44.2 Å². The molecule has 0 aliphatic carbocycles. The average Bonchev–Trinajstić information content (AvgIpc) is 3.10. The number of aromatic nitrogens is 2. The van der Waals surface area contributed by atoms with Gasteiger partial charge in [-0.15, -0.1) is 0 Å². The van der Waals surface area contributed by atoms with Crippen molar-refractivity contribution in [3.63, 3.8) is 0 Å². The van der Waals surface area contributed by atoms with Gasteiger partial charge in [-0.3, -0.25) is 9.88 Å². The van der Waals surface area contributed by atoms with E-state index in [1.165, 1.54) is 12.1 Å². The molecule has 1 atom stereocenters. The highest BCUT2D eigenvalue weighted by molar-refractivity contribution is 5.88. The Morgan fingerprint density at radius 1 is 1.19 bits per heavy atom. The van der Waals surface area contributed by atoms with Crippen molar-refractivity contribution >= 4 is 12.1 Å². The number of benzene rings is 1. The minimum atomic E-state index is -0.972. The molecule has 1 aliphatic heterocycles. The third kappa shape index (κ3) is 4.42. The van der Waals surface area contributed by atoms with E-state index in [9.17, 15) is 9.59 Å². The SMILES string of the molecule is CC(C)(C)OC(=O)N1CCCC1c1cncc(-c2ccc(C(=O)O)cc2)n1. The number of ether oxygens (including phenoxy) is 1. The number of nitrogens with zero attached hydrogens (tertiary/aromatic N) is 3. The standard InChI is InChI=1S/C20H23N3O4/c1-20(2,3)27-19(26)23-10-4-5-17(23)16-12-21-11-15(22-16)13-6-8-14(9-7-13)18(24)25/h6-9,11-12,17H,4-5,10H2,1-3H3,(H,24,25). The summed E-state index contributed by atoms with van der Waals surface area (Å²) in [5.41, 5.74) is 1.79. The number of hydrogen-bond acceptors (Lipinski definition) is 5. The van der Waals surface area contributed by atoms with Gasteiger partial charge >= 0.3 is 12.1 Å². The first kappa shape index (κ1) is 18.8. The van der Waals surface area contributed by atoms with Gasteiger partial charge in [0.1, 0.15) is 5.60 Å². The zero-order valence-electron chi connectivity index (χ0n) is 15.7. The topological polar surface area (TPSA) is 92.6 Å². The van der Waals surface area contributed by atoms with E-state index in [-0.39, 0.29) is 17.7 Å². The molecule has 1 aliphatic rings. The molecule has 0 bridgehead atoms. The number of rotatable bonds is 3. The first-order valence-electron chi connectivity index (χ1n) is 8.90. The molecule has 0 radical (unpaired) electrons. The number of carbonyl (C=O) groups is 2. The van der Waals surface area contributed by atoms with Crippen LogP contribution < -0.4 is 0 Å². The van der Waals surface area contributed by atoms with E-state index in [4.69, 9.17) is 9.84 Å². The van der Waals surface area contributed by atoms with Gasteiger partial charge in [0.2, 0.25) is 0 Å². The Kier molecular flexibility index (Phi) is 5.12. The molecule has 27 heavy (non-hydrogen) atoms. The first-order valence-corrected chi connectivity index (χ1v) is 8.90. The van der Waals surface area contributed by atoms with E-state index in [1.807, 2.05) is 20.8 Å². The van der Waals surface area contributed by atoms with Crippen molar-refractivity contribution < 1.29 is 19.4 Å². The molecule has 1 N–H and O–H groups in total. The van der Waals surface area contributed by atoms with Gasteiger partial charge in [0.25, 0.3) is 0 Å². The van der Waals surface area contributed by atoms with Crippen LogP contribution in [0.3, 0.4) is 0 Å². The lowest BCUT2D eigenvalue weighted by molar-refractivity contribution is 0.0221. The second-order valence-corrected chi connectivity index (χ2v) is 7.54. The number of carbonyl (C=O) groups excluding carboxylic acids is 1. The Bertz CT molecular complexity index is 843. The van der Waals surface area contributed by atoms with Crippen LogP contribution in [-0.2, 0) is 4.74 Å². The van der Waals surface area contributed by atoms with Crippen molar-refractivity contribution in [1.82, 2.24) is 14.9 Å². The Balaban J connectivity index is 1.84. The van der Waals surface area contributed by atoms with E-state index in [0.717, 1.165) is 18.4 Å². The van der Waals surface area contributed by atoms with Crippen molar-refractivity contribution in [2.45, 2.75) is 45.3 Å². The van der Waals surface area contributed by atoms with Crippen LogP contribution in [0.25, 0.3) is 11.3 Å². The van der Waals surface area contributed by atoms with Gasteiger partial charge in [-0.1, -0.05) is 12.1 Å². The number of likely N-dealkylation sites (tertiary alicyclic amines) is 1.